The van der Waals surface area contributed by atoms with Gasteiger partial charge >= 0.3 is 6.18 Å². The van der Waals surface area contributed by atoms with Crippen molar-refractivity contribution in [2.45, 2.75) is 65.1 Å². The van der Waals surface area contributed by atoms with Crippen LogP contribution in [-0.4, -0.2) is 47.1 Å². The van der Waals surface area contributed by atoms with Crippen LogP contribution in [-0.2, 0) is 4.79 Å². The van der Waals surface area contributed by atoms with Gasteiger partial charge in [-0.3, -0.25) is 14.7 Å². The lowest BCUT2D eigenvalue weighted by atomic mass is 9.73. The van der Waals surface area contributed by atoms with Crippen molar-refractivity contribution in [3.05, 3.63) is 60.4 Å². The molecule has 0 N–H and O–H groups in total. The molecule has 0 spiro atoms. The number of likely N-dealkylation sites (tertiary alicyclic amines) is 1. The number of halogens is 3. The van der Waals surface area contributed by atoms with Crippen molar-refractivity contribution in [1.82, 2.24) is 9.88 Å². The molecule has 210 valence electrons. The molecule has 8 heteroatoms. The number of rotatable bonds is 11. The van der Waals surface area contributed by atoms with Gasteiger partial charge in [0.1, 0.15) is 5.75 Å². The number of aromatic nitrogens is 1. The van der Waals surface area contributed by atoms with Gasteiger partial charge in [-0.15, -0.1) is 0 Å². The second kappa shape index (κ2) is 13.3. The van der Waals surface area contributed by atoms with E-state index in [1.165, 1.54) is 0 Å². The van der Waals surface area contributed by atoms with Crippen molar-refractivity contribution in [3.8, 4) is 22.9 Å². The van der Waals surface area contributed by atoms with Gasteiger partial charge in [0.25, 0.3) is 0 Å². The van der Waals surface area contributed by atoms with Crippen LogP contribution in [0.4, 0.5) is 13.2 Å². The van der Waals surface area contributed by atoms with Crippen LogP contribution in [0.3, 0.4) is 0 Å². The van der Waals surface area contributed by atoms with E-state index < -0.39 is 24.1 Å². The monoisotopic (exact) mass is 541 g/mol. The van der Waals surface area contributed by atoms with Gasteiger partial charge in [0.15, 0.2) is 5.78 Å². The number of allylic oxidation sites excluding steroid dienone is 2. The Kier molecular flexibility index (Phi) is 10.3. The number of carbonyl (C=O) groups is 1. The molecule has 2 heterocycles. The quantitative estimate of drug-likeness (QED) is 0.221. The first kappa shape index (κ1) is 30.4. The Morgan fingerprint density at radius 1 is 1.26 bits per heavy atom. The molecule has 1 aliphatic rings. The molecule has 1 aromatic carbocycles. The Bertz CT molecular complexity index is 1170. The normalized spacial score (nSPS) is 19.8. The molecule has 3 unspecified atom stereocenters. The third kappa shape index (κ3) is 8.40. The van der Waals surface area contributed by atoms with Crippen molar-refractivity contribution in [2.75, 3.05) is 19.7 Å². The Labute approximate surface area is 229 Å². The molecule has 1 aromatic heterocycles. The summed E-state index contributed by atoms with van der Waals surface area (Å²) in [6, 6.07) is 13.6. The van der Waals surface area contributed by atoms with E-state index >= 15 is 0 Å². The fourth-order valence-electron chi connectivity index (χ4n) is 5.23. The Balaban J connectivity index is 1.52. The van der Waals surface area contributed by atoms with Crippen molar-refractivity contribution < 1.29 is 22.7 Å². The molecular weight excluding hydrogens is 503 g/mol. The maximum absolute atomic E-state index is 13.5. The molecule has 1 fully saturated rings. The van der Waals surface area contributed by atoms with E-state index in [4.69, 9.17) is 10.00 Å². The number of hydrogen-bond donors (Lipinski definition) is 0. The van der Waals surface area contributed by atoms with Crippen molar-refractivity contribution >= 4 is 5.78 Å². The summed E-state index contributed by atoms with van der Waals surface area (Å²) in [4.78, 5) is 19.8. The third-order valence-electron chi connectivity index (χ3n) is 7.84. The van der Waals surface area contributed by atoms with E-state index in [1.54, 1.807) is 24.5 Å². The molecule has 39 heavy (non-hydrogen) atoms. The number of Topliss-reactive ketones (excluding diaryl/α,β-unsaturated/α-hetero) is 1. The minimum absolute atomic E-state index is 0.0358. The first-order chi connectivity index (χ1) is 18.4. The number of nitriles is 1. The number of nitrogens with zero attached hydrogens (tertiary/aromatic N) is 3. The fraction of sp³-hybridized carbons (Fsp3) is 0.516. The summed E-state index contributed by atoms with van der Waals surface area (Å²) in [6.07, 6.45) is 1.23. The number of benzene rings is 1. The van der Waals surface area contributed by atoms with E-state index in [1.807, 2.05) is 64.1 Å². The smallest absolute Gasteiger partial charge is 0.390 e. The van der Waals surface area contributed by atoms with Crippen LogP contribution in [0.1, 0.15) is 53.4 Å². The highest BCUT2D eigenvalue weighted by atomic mass is 19.4. The summed E-state index contributed by atoms with van der Waals surface area (Å²) in [5.41, 5.74) is 2.35. The van der Waals surface area contributed by atoms with Crippen LogP contribution in [0.2, 0.25) is 0 Å². The largest absolute Gasteiger partial charge is 0.494 e. The zero-order valence-corrected chi connectivity index (χ0v) is 23.2. The molecular formula is C31H38F3N3O2. The molecule has 5 nitrogen and oxygen atoms in total. The first-order valence-corrected chi connectivity index (χ1v) is 13.5. The Morgan fingerprint density at radius 2 is 1.97 bits per heavy atom. The lowest BCUT2D eigenvalue weighted by molar-refractivity contribution is -0.140. The average molecular weight is 542 g/mol. The molecule has 0 radical (unpaired) electrons. The number of ketones is 1. The molecule has 2 aromatic rings. The summed E-state index contributed by atoms with van der Waals surface area (Å²) in [7, 11) is 0. The van der Waals surface area contributed by atoms with Crippen LogP contribution < -0.4 is 4.74 Å². The standard InChI is InChI=1S/C31H38F3N3O2/c1-22(9-10-24(21-35)20-31(32,33)34)23(2)28-13-17-37(30(3,4)29(28)38)16-6-18-39-27-8-5-7-26(19-27)25-11-14-36-15-12-25/h5,7-9,11-12,14-15,19,23-24,28H,6,10,13,16-18,20H2,1-4H3. The maximum Gasteiger partial charge on any atom is 0.390 e. The number of alkyl halides is 3. The van der Waals surface area contributed by atoms with E-state index in [-0.39, 0.29) is 24.0 Å². The fourth-order valence-corrected chi connectivity index (χ4v) is 5.23. The van der Waals surface area contributed by atoms with Crippen LogP contribution >= 0.6 is 0 Å². The number of piperidine rings is 1. The van der Waals surface area contributed by atoms with E-state index in [2.05, 4.69) is 9.88 Å². The van der Waals surface area contributed by atoms with Gasteiger partial charge in [0, 0.05) is 24.9 Å². The molecule has 0 aliphatic carbocycles. The van der Waals surface area contributed by atoms with Crippen molar-refractivity contribution in [3.63, 3.8) is 0 Å². The van der Waals surface area contributed by atoms with E-state index in [0.29, 0.717) is 13.0 Å². The molecule has 0 saturated carbocycles. The lowest BCUT2D eigenvalue weighted by Crippen LogP contribution is -2.58. The zero-order valence-electron chi connectivity index (χ0n) is 23.2. The minimum Gasteiger partial charge on any atom is -0.494 e. The predicted octanol–water partition coefficient (Wildman–Crippen LogP) is 7.25. The summed E-state index contributed by atoms with van der Waals surface area (Å²) in [5, 5.41) is 9.09. The van der Waals surface area contributed by atoms with Gasteiger partial charge in [-0.05, 0) is 87.9 Å². The maximum atomic E-state index is 13.5. The molecule has 3 rings (SSSR count). The van der Waals surface area contributed by atoms with E-state index in [0.717, 1.165) is 42.0 Å². The Morgan fingerprint density at radius 3 is 2.64 bits per heavy atom. The van der Waals surface area contributed by atoms with Crippen molar-refractivity contribution in [2.24, 2.45) is 17.8 Å². The molecule has 0 bridgehead atoms. The zero-order chi connectivity index (χ0) is 28.6. The minimum atomic E-state index is -4.37. The van der Waals surface area contributed by atoms with Gasteiger partial charge in [-0.2, -0.15) is 18.4 Å². The summed E-state index contributed by atoms with van der Waals surface area (Å²) in [5.74, 6) is -0.472. The summed E-state index contributed by atoms with van der Waals surface area (Å²) in [6.45, 7) is 9.70. The SMILES string of the molecule is CC(=CCC(C#N)CC(F)(F)F)C(C)C1CCN(CCCOc2cccc(-c3ccncc3)c2)C(C)(C)C1=O. The van der Waals surface area contributed by atoms with Crippen LogP contribution in [0.5, 0.6) is 5.75 Å². The molecule has 1 saturated heterocycles. The number of hydrogen-bond acceptors (Lipinski definition) is 5. The van der Waals surface area contributed by atoms with Crippen LogP contribution in [0.25, 0.3) is 11.1 Å². The highest BCUT2D eigenvalue weighted by Crippen LogP contribution is 2.36. The third-order valence-corrected chi connectivity index (χ3v) is 7.84. The number of ether oxygens (including phenoxy) is 1. The number of carbonyl (C=O) groups excluding carboxylic acids is 1. The second-order valence-corrected chi connectivity index (χ2v) is 10.9. The van der Waals surface area contributed by atoms with Gasteiger partial charge in [0.2, 0.25) is 0 Å². The predicted molar refractivity (Wildman–Crippen MR) is 146 cm³/mol. The number of pyridine rings is 1. The topological polar surface area (TPSA) is 66.2 Å². The molecule has 3 atom stereocenters. The second-order valence-electron chi connectivity index (χ2n) is 10.9. The van der Waals surface area contributed by atoms with Crippen LogP contribution in [0.15, 0.2) is 60.4 Å². The summed E-state index contributed by atoms with van der Waals surface area (Å²) < 4.78 is 44.1. The summed E-state index contributed by atoms with van der Waals surface area (Å²) >= 11 is 0. The van der Waals surface area contributed by atoms with E-state index in [9.17, 15) is 18.0 Å². The first-order valence-electron chi connectivity index (χ1n) is 13.5. The van der Waals surface area contributed by atoms with Gasteiger partial charge in [-0.1, -0.05) is 30.7 Å². The lowest BCUT2D eigenvalue weighted by Gasteiger charge is -2.46. The highest BCUT2D eigenvalue weighted by Gasteiger charge is 2.44. The van der Waals surface area contributed by atoms with Gasteiger partial charge in [0.05, 0.1) is 30.6 Å². The average Bonchev–Trinajstić information content (AvgIpc) is 2.91. The van der Waals surface area contributed by atoms with Gasteiger partial charge < -0.3 is 4.74 Å². The van der Waals surface area contributed by atoms with Gasteiger partial charge in [-0.25, -0.2) is 0 Å². The Hall–Kier alpha value is -3.18. The highest BCUT2D eigenvalue weighted by molar-refractivity contribution is 5.91. The van der Waals surface area contributed by atoms with Crippen LogP contribution in [0, 0.1) is 29.1 Å². The van der Waals surface area contributed by atoms with Crippen molar-refractivity contribution in [1.29, 1.82) is 5.26 Å². The molecule has 0 amide bonds. The molecule has 1 aliphatic heterocycles.